The van der Waals surface area contributed by atoms with E-state index in [0.29, 0.717) is 24.2 Å². The Morgan fingerprint density at radius 1 is 0.600 bits per heavy atom. The molecule has 1 radical (unpaired) electrons. The molecular weight excluding hydrogens is 343 g/mol. The van der Waals surface area contributed by atoms with Gasteiger partial charge in [-0.15, -0.1) is 0 Å². The monoisotopic (exact) mass is 381 g/mol. The molecule has 0 aromatic rings. The molecule has 2 nitrogen and oxygen atoms in total. The maximum atomic E-state index is 2.47. The first kappa shape index (κ1) is 24.1. The van der Waals surface area contributed by atoms with E-state index >= 15 is 0 Å². The molecule has 0 aromatic carbocycles. The first-order valence-corrected chi connectivity index (χ1v) is 9.53. The Morgan fingerprint density at radius 2 is 0.880 bits per heavy atom. The summed E-state index contributed by atoms with van der Waals surface area (Å²) in [4.78, 5) is 4.94. The minimum Gasteiger partial charge on any atom is -0.370 e. The van der Waals surface area contributed by atoms with Gasteiger partial charge in [0.1, 0.15) is 0 Å². The van der Waals surface area contributed by atoms with Crippen LogP contribution in [-0.4, -0.2) is 34.0 Å². The zero-order valence-corrected chi connectivity index (χ0v) is 18.9. The van der Waals surface area contributed by atoms with Crippen LogP contribution in [0, 0.1) is 0 Å². The third-order valence-electron chi connectivity index (χ3n) is 4.39. The predicted octanol–water partition coefficient (Wildman–Crippen LogP) is 5.90. The smallest absolute Gasteiger partial charge is 0.0233 e. The number of rotatable bonds is 6. The number of nitrogens with zero attached hydrogens (tertiary/aromatic N) is 2. The second-order valence-electron chi connectivity index (χ2n) is 7.77. The van der Waals surface area contributed by atoms with Gasteiger partial charge in [-0.1, -0.05) is 24.3 Å². The third-order valence-corrected chi connectivity index (χ3v) is 4.39. The molecule has 25 heavy (non-hydrogen) atoms. The SMILES string of the molecule is CC(C)N(C1=CC=CC1)C(C)C.CC(C)N(C1=CC=CC1)C(C)C.[V]. The topological polar surface area (TPSA) is 6.48 Å². The summed E-state index contributed by atoms with van der Waals surface area (Å²) in [5.41, 5.74) is 2.92. The molecule has 2 aliphatic carbocycles. The molecule has 3 heteroatoms. The average Bonchev–Trinajstić information content (AvgIpc) is 3.11. The molecule has 141 valence electrons. The summed E-state index contributed by atoms with van der Waals surface area (Å²) in [5.74, 6) is 0. The van der Waals surface area contributed by atoms with Crippen molar-refractivity contribution in [3.63, 3.8) is 0 Å². The van der Waals surface area contributed by atoms with E-state index in [4.69, 9.17) is 0 Å². The van der Waals surface area contributed by atoms with Crippen LogP contribution in [0.1, 0.15) is 68.2 Å². The molecule has 0 atom stereocenters. The van der Waals surface area contributed by atoms with E-state index in [1.807, 2.05) is 0 Å². The summed E-state index contributed by atoms with van der Waals surface area (Å²) in [7, 11) is 0. The Labute approximate surface area is 168 Å². The molecule has 0 aliphatic heterocycles. The third kappa shape index (κ3) is 7.50. The summed E-state index contributed by atoms with van der Waals surface area (Å²) < 4.78 is 0. The van der Waals surface area contributed by atoms with Crippen molar-refractivity contribution in [3.05, 3.63) is 47.9 Å². The van der Waals surface area contributed by atoms with Crippen LogP contribution in [0.25, 0.3) is 0 Å². The van der Waals surface area contributed by atoms with Gasteiger partial charge < -0.3 is 9.80 Å². The number of hydrogen-bond acceptors (Lipinski definition) is 2. The minimum absolute atomic E-state index is 0. The van der Waals surface area contributed by atoms with Gasteiger partial charge in [0.15, 0.2) is 0 Å². The standard InChI is InChI=1S/2C11H19N.V/c2*1-9(2)12(10(3)4)11-7-5-6-8-11;/h2*5-7,9-10H,8H2,1-4H3;. The van der Waals surface area contributed by atoms with Crippen LogP contribution in [-0.2, 0) is 18.6 Å². The molecule has 2 rings (SSSR count). The zero-order chi connectivity index (χ0) is 18.3. The molecule has 0 amide bonds. The van der Waals surface area contributed by atoms with Crippen molar-refractivity contribution in [2.75, 3.05) is 0 Å². The molecule has 0 spiro atoms. The first-order valence-electron chi connectivity index (χ1n) is 9.53. The van der Waals surface area contributed by atoms with Crippen molar-refractivity contribution in [2.24, 2.45) is 0 Å². The van der Waals surface area contributed by atoms with Gasteiger partial charge in [-0.2, -0.15) is 0 Å². The van der Waals surface area contributed by atoms with Gasteiger partial charge in [0.05, 0.1) is 0 Å². The largest absolute Gasteiger partial charge is 0.370 e. The molecule has 0 N–H and O–H groups in total. The van der Waals surface area contributed by atoms with Gasteiger partial charge in [0.2, 0.25) is 0 Å². The molecule has 0 heterocycles. The van der Waals surface area contributed by atoms with E-state index in [1.165, 1.54) is 11.4 Å². The fourth-order valence-electron chi connectivity index (χ4n) is 3.77. The first-order chi connectivity index (χ1) is 11.3. The van der Waals surface area contributed by atoms with Gasteiger partial charge in [-0.05, 0) is 67.5 Å². The minimum atomic E-state index is 0. The van der Waals surface area contributed by atoms with Crippen LogP contribution in [0.3, 0.4) is 0 Å². The molecule has 0 fully saturated rings. The van der Waals surface area contributed by atoms with Crippen molar-refractivity contribution in [1.82, 2.24) is 9.80 Å². The maximum Gasteiger partial charge on any atom is 0.0233 e. The Kier molecular flexibility index (Phi) is 11.3. The van der Waals surface area contributed by atoms with Crippen LogP contribution in [0.15, 0.2) is 47.9 Å². The molecule has 2 aliphatic rings. The van der Waals surface area contributed by atoms with Crippen LogP contribution in [0.2, 0.25) is 0 Å². The van der Waals surface area contributed by atoms with Gasteiger partial charge in [0, 0.05) is 67.0 Å². The Balaban J connectivity index is 0.000000443. The fourth-order valence-corrected chi connectivity index (χ4v) is 3.77. The Morgan fingerprint density at radius 3 is 1.04 bits per heavy atom. The second-order valence-corrected chi connectivity index (χ2v) is 7.77. The molecule has 0 aromatic heterocycles. The van der Waals surface area contributed by atoms with Crippen LogP contribution >= 0.6 is 0 Å². The molecule has 0 bridgehead atoms. The van der Waals surface area contributed by atoms with Gasteiger partial charge >= 0.3 is 0 Å². The van der Waals surface area contributed by atoms with Crippen molar-refractivity contribution in [1.29, 1.82) is 0 Å². The van der Waals surface area contributed by atoms with E-state index in [2.05, 4.69) is 102 Å². The van der Waals surface area contributed by atoms with E-state index in [-0.39, 0.29) is 18.6 Å². The number of allylic oxidation sites excluding steroid dienone is 6. The van der Waals surface area contributed by atoms with Gasteiger partial charge in [-0.25, -0.2) is 0 Å². The van der Waals surface area contributed by atoms with Crippen molar-refractivity contribution in [2.45, 2.75) is 92.4 Å². The molecular formula is C22H38N2V. The summed E-state index contributed by atoms with van der Waals surface area (Å²) in [6, 6.07) is 2.43. The van der Waals surface area contributed by atoms with Crippen LogP contribution < -0.4 is 0 Å². The van der Waals surface area contributed by atoms with Crippen molar-refractivity contribution >= 4 is 0 Å². The fraction of sp³-hybridized carbons (Fsp3) is 0.636. The van der Waals surface area contributed by atoms with Crippen LogP contribution in [0.5, 0.6) is 0 Å². The van der Waals surface area contributed by atoms with Crippen LogP contribution in [0.4, 0.5) is 0 Å². The van der Waals surface area contributed by atoms with Gasteiger partial charge in [0.25, 0.3) is 0 Å². The Hall–Kier alpha value is -0.856. The predicted molar refractivity (Wildman–Crippen MR) is 108 cm³/mol. The number of hydrogen-bond donors (Lipinski definition) is 0. The van der Waals surface area contributed by atoms with E-state index in [9.17, 15) is 0 Å². The van der Waals surface area contributed by atoms with Crippen molar-refractivity contribution < 1.29 is 18.6 Å². The maximum absolute atomic E-state index is 2.47. The van der Waals surface area contributed by atoms with Crippen molar-refractivity contribution in [3.8, 4) is 0 Å². The molecule has 0 unspecified atom stereocenters. The Bertz CT molecular complexity index is 434. The quantitative estimate of drug-likeness (QED) is 0.565. The summed E-state index contributed by atoms with van der Waals surface area (Å²) in [6.07, 6.45) is 15.4. The zero-order valence-electron chi connectivity index (χ0n) is 17.5. The summed E-state index contributed by atoms with van der Waals surface area (Å²) in [5, 5.41) is 0. The normalized spacial score (nSPS) is 15.4. The molecule has 0 saturated carbocycles. The van der Waals surface area contributed by atoms with E-state index in [1.54, 1.807) is 0 Å². The summed E-state index contributed by atoms with van der Waals surface area (Å²) >= 11 is 0. The average molecular weight is 382 g/mol. The van der Waals surface area contributed by atoms with Gasteiger partial charge in [-0.3, -0.25) is 0 Å². The summed E-state index contributed by atoms with van der Waals surface area (Å²) in [6.45, 7) is 18.0. The van der Waals surface area contributed by atoms with E-state index < -0.39 is 0 Å². The molecule has 0 saturated heterocycles. The van der Waals surface area contributed by atoms with E-state index in [0.717, 1.165) is 12.8 Å². The second kappa shape index (κ2) is 11.7.